The molecule has 2 aliphatic rings. The Hall–Kier alpha value is -2.50. The Balaban J connectivity index is 1.42. The molecule has 0 saturated heterocycles. The molecule has 138 valence electrons. The fourth-order valence-electron chi connectivity index (χ4n) is 4.03. The van der Waals surface area contributed by atoms with Gasteiger partial charge >= 0.3 is 6.03 Å². The number of carbonyl (C=O) groups excluding carboxylic acids is 1. The Labute approximate surface area is 153 Å². The van der Waals surface area contributed by atoms with Crippen molar-refractivity contribution in [3.8, 4) is 5.75 Å². The largest absolute Gasteiger partial charge is 0.488 e. The Bertz CT molecular complexity index is 780. The number of benzene rings is 1. The van der Waals surface area contributed by atoms with E-state index in [0.29, 0.717) is 0 Å². The molecular weight excluding hydrogens is 328 g/mol. The van der Waals surface area contributed by atoms with Crippen LogP contribution < -0.4 is 15.4 Å². The number of aryl methyl sites for hydroxylation is 1. The Kier molecular flexibility index (Phi) is 4.82. The molecule has 0 bridgehead atoms. The van der Waals surface area contributed by atoms with Gasteiger partial charge in [-0.15, -0.1) is 0 Å². The van der Waals surface area contributed by atoms with Crippen LogP contribution in [0.1, 0.15) is 55.8 Å². The monoisotopic (exact) mass is 354 g/mol. The van der Waals surface area contributed by atoms with Crippen LogP contribution in [0.2, 0.25) is 0 Å². The van der Waals surface area contributed by atoms with Crippen LogP contribution in [0.15, 0.2) is 30.5 Å². The Morgan fingerprint density at radius 2 is 2.00 bits per heavy atom. The van der Waals surface area contributed by atoms with Crippen LogP contribution in [0.5, 0.6) is 5.75 Å². The summed E-state index contributed by atoms with van der Waals surface area (Å²) < 4.78 is 8.01. The van der Waals surface area contributed by atoms with Crippen molar-refractivity contribution in [3.63, 3.8) is 0 Å². The van der Waals surface area contributed by atoms with Gasteiger partial charge in [0.25, 0.3) is 0 Å². The highest BCUT2D eigenvalue weighted by molar-refractivity contribution is 5.91. The first-order valence-electron chi connectivity index (χ1n) is 9.54. The maximum Gasteiger partial charge on any atom is 0.319 e. The quantitative estimate of drug-likeness (QED) is 0.874. The van der Waals surface area contributed by atoms with Crippen molar-refractivity contribution in [1.29, 1.82) is 0 Å². The van der Waals surface area contributed by atoms with Gasteiger partial charge in [-0.25, -0.2) is 4.79 Å². The molecule has 1 heterocycles. The normalized spacial score (nSPS) is 19.8. The molecule has 4 rings (SSSR count). The van der Waals surface area contributed by atoms with E-state index >= 15 is 0 Å². The SMILES string of the molecule is Cn1ncc2c1CCC[C@H]2NC(=O)Nc1ccccc1OC1CCCC1. The van der Waals surface area contributed by atoms with Crippen LogP contribution >= 0.6 is 0 Å². The number of amides is 2. The van der Waals surface area contributed by atoms with Crippen molar-refractivity contribution < 1.29 is 9.53 Å². The van der Waals surface area contributed by atoms with Gasteiger partial charge in [-0.3, -0.25) is 4.68 Å². The summed E-state index contributed by atoms with van der Waals surface area (Å²) >= 11 is 0. The zero-order chi connectivity index (χ0) is 17.9. The van der Waals surface area contributed by atoms with E-state index in [9.17, 15) is 4.79 Å². The van der Waals surface area contributed by atoms with Gasteiger partial charge in [-0.05, 0) is 57.1 Å². The van der Waals surface area contributed by atoms with Crippen molar-refractivity contribution in [2.24, 2.45) is 7.05 Å². The van der Waals surface area contributed by atoms with Gasteiger partial charge in [0.05, 0.1) is 24.0 Å². The number of urea groups is 1. The average Bonchev–Trinajstić information content (AvgIpc) is 3.28. The first-order chi connectivity index (χ1) is 12.7. The Morgan fingerprint density at radius 3 is 2.85 bits per heavy atom. The van der Waals surface area contributed by atoms with E-state index in [0.717, 1.165) is 49.1 Å². The number of ether oxygens (including phenoxy) is 1. The number of rotatable bonds is 4. The molecule has 6 heteroatoms. The van der Waals surface area contributed by atoms with E-state index in [-0.39, 0.29) is 18.2 Å². The van der Waals surface area contributed by atoms with Gasteiger partial charge in [0.15, 0.2) is 0 Å². The lowest BCUT2D eigenvalue weighted by Gasteiger charge is -2.24. The highest BCUT2D eigenvalue weighted by Crippen LogP contribution is 2.31. The van der Waals surface area contributed by atoms with Gasteiger partial charge in [0.1, 0.15) is 5.75 Å². The topological polar surface area (TPSA) is 68.2 Å². The van der Waals surface area contributed by atoms with E-state index in [1.807, 2.05) is 42.2 Å². The van der Waals surface area contributed by atoms with Crippen molar-refractivity contribution in [2.75, 3.05) is 5.32 Å². The van der Waals surface area contributed by atoms with Crippen molar-refractivity contribution in [2.45, 2.75) is 57.1 Å². The van der Waals surface area contributed by atoms with Crippen molar-refractivity contribution in [1.82, 2.24) is 15.1 Å². The summed E-state index contributed by atoms with van der Waals surface area (Å²) in [7, 11) is 1.96. The highest BCUT2D eigenvalue weighted by atomic mass is 16.5. The third-order valence-electron chi connectivity index (χ3n) is 5.41. The Morgan fingerprint density at radius 1 is 1.19 bits per heavy atom. The predicted molar refractivity (Wildman–Crippen MR) is 100 cm³/mol. The molecule has 2 N–H and O–H groups in total. The van der Waals surface area contributed by atoms with E-state index in [1.54, 1.807) is 0 Å². The summed E-state index contributed by atoms with van der Waals surface area (Å²) in [4.78, 5) is 12.6. The van der Waals surface area contributed by atoms with Gasteiger partial charge in [-0.2, -0.15) is 5.10 Å². The molecule has 1 aromatic heterocycles. The molecule has 2 aromatic rings. The molecule has 1 fully saturated rings. The number of para-hydroxylation sites is 2. The zero-order valence-electron chi connectivity index (χ0n) is 15.2. The van der Waals surface area contributed by atoms with E-state index in [1.165, 1.54) is 18.5 Å². The third-order valence-corrected chi connectivity index (χ3v) is 5.41. The lowest BCUT2D eigenvalue weighted by molar-refractivity contribution is 0.211. The molecule has 1 saturated carbocycles. The summed E-state index contributed by atoms with van der Waals surface area (Å²) in [5, 5.41) is 10.4. The van der Waals surface area contributed by atoms with Crippen molar-refractivity contribution >= 4 is 11.7 Å². The molecule has 2 aliphatic carbocycles. The van der Waals surface area contributed by atoms with Crippen molar-refractivity contribution in [3.05, 3.63) is 41.7 Å². The molecule has 2 amide bonds. The number of hydrogen-bond donors (Lipinski definition) is 2. The number of fused-ring (bicyclic) bond motifs is 1. The maximum atomic E-state index is 12.6. The number of hydrogen-bond acceptors (Lipinski definition) is 3. The second-order valence-electron chi connectivity index (χ2n) is 7.23. The summed E-state index contributed by atoms with van der Waals surface area (Å²) in [5.41, 5.74) is 3.06. The standard InChI is InChI=1S/C20H26N4O2/c1-24-18-11-6-10-16(15(18)13-21-24)22-20(25)23-17-9-4-5-12-19(17)26-14-7-2-3-8-14/h4-5,9,12-14,16H,2-3,6-8,10-11H2,1H3,(H2,22,23,25)/t16-/m1/s1. The van der Waals surface area contributed by atoms with Crippen LogP contribution in [0.3, 0.4) is 0 Å². The van der Waals surface area contributed by atoms with Crippen LogP contribution in [0.25, 0.3) is 0 Å². The summed E-state index contributed by atoms with van der Waals surface area (Å²) in [6, 6.07) is 7.48. The first kappa shape index (κ1) is 16.9. The zero-order valence-corrected chi connectivity index (χ0v) is 15.2. The van der Waals surface area contributed by atoms with E-state index < -0.39 is 0 Å². The maximum absolute atomic E-state index is 12.6. The fourth-order valence-corrected chi connectivity index (χ4v) is 4.03. The molecule has 0 unspecified atom stereocenters. The third kappa shape index (κ3) is 3.54. The molecule has 0 aliphatic heterocycles. The number of nitrogens with one attached hydrogen (secondary N) is 2. The second kappa shape index (κ2) is 7.40. The minimum atomic E-state index is -0.200. The number of anilines is 1. The molecule has 0 radical (unpaired) electrons. The molecule has 1 aromatic carbocycles. The summed E-state index contributed by atoms with van der Waals surface area (Å²) in [6.07, 6.45) is 9.76. The fraction of sp³-hybridized carbons (Fsp3) is 0.500. The van der Waals surface area contributed by atoms with E-state index in [2.05, 4.69) is 15.7 Å². The lowest BCUT2D eigenvalue weighted by Crippen LogP contribution is -2.34. The number of nitrogens with zero attached hydrogens (tertiary/aromatic N) is 2. The number of carbonyl (C=O) groups is 1. The van der Waals surface area contributed by atoms with Crippen LogP contribution in [0, 0.1) is 0 Å². The van der Waals surface area contributed by atoms with Gasteiger partial charge in [0.2, 0.25) is 0 Å². The first-order valence-corrected chi connectivity index (χ1v) is 9.54. The van der Waals surface area contributed by atoms with Crippen LogP contribution in [-0.4, -0.2) is 21.9 Å². The predicted octanol–water partition coefficient (Wildman–Crippen LogP) is 3.94. The minimum Gasteiger partial charge on any atom is -0.488 e. The second-order valence-corrected chi connectivity index (χ2v) is 7.23. The average molecular weight is 354 g/mol. The van der Waals surface area contributed by atoms with Gasteiger partial charge in [-0.1, -0.05) is 12.1 Å². The smallest absolute Gasteiger partial charge is 0.319 e. The molecule has 0 spiro atoms. The summed E-state index contributed by atoms with van der Waals surface area (Å²) in [5.74, 6) is 0.750. The highest BCUT2D eigenvalue weighted by Gasteiger charge is 2.25. The van der Waals surface area contributed by atoms with Gasteiger partial charge < -0.3 is 15.4 Å². The van der Waals surface area contributed by atoms with Gasteiger partial charge in [0, 0.05) is 18.3 Å². The van der Waals surface area contributed by atoms with Crippen LogP contribution in [-0.2, 0) is 13.5 Å². The molecule has 26 heavy (non-hydrogen) atoms. The van der Waals surface area contributed by atoms with Crippen LogP contribution in [0.4, 0.5) is 10.5 Å². The summed E-state index contributed by atoms with van der Waals surface area (Å²) in [6.45, 7) is 0. The molecule has 6 nitrogen and oxygen atoms in total. The minimum absolute atomic E-state index is 0.00960. The van der Waals surface area contributed by atoms with E-state index in [4.69, 9.17) is 4.74 Å². The molecule has 1 atom stereocenters. The lowest BCUT2D eigenvalue weighted by atomic mass is 9.93. The molecular formula is C20H26N4O2. The number of aromatic nitrogens is 2.